The summed E-state index contributed by atoms with van der Waals surface area (Å²) in [4.78, 5) is 2.92. The highest BCUT2D eigenvalue weighted by molar-refractivity contribution is 7.71. The third kappa shape index (κ3) is 1.74. The first-order valence-electron chi connectivity index (χ1n) is 4.79. The van der Waals surface area contributed by atoms with Crippen LogP contribution in [0, 0.1) is 10.2 Å². The van der Waals surface area contributed by atoms with Gasteiger partial charge in [-0.3, -0.25) is 5.41 Å². The van der Waals surface area contributed by atoms with Gasteiger partial charge in [-0.25, -0.2) is 4.68 Å². The van der Waals surface area contributed by atoms with E-state index in [1.807, 2.05) is 0 Å². The maximum Gasteiger partial charge on any atom is 0.198 e. The molecule has 1 aromatic heterocycles. The van der Waals surface area contributed by atoms with Crippen LogP contribution in [-0.2, 0) is 0 Å². The van der Waals surface area contributed by atoms with Gasteiger partial charge in [0.15, 0.2) is 21.8 Å². The van der Waals surface area contributed by atoms with Gasteiger partial charge in [0.2, 0.25) is 0 Å². The number of nitrogen functional groups attached to an aromatic ring is 1. The number of nitrogens with zero attached hydrogens (tertiary/aromatic N) is 1. The van der Waals surface area contributed by atoms with Crippen molar-refractivity contribution in [1.82, 2.24) is 9.66 Å². The van der Waals surface area contributed by atoms with Crippen LogP contribution >= 0.6 is 12.2 Å². The number of methoxy groups -OCH3 is 2. The van der Waals surface area contributed by atoms with Crippen molar-refractivity contribution in [3.63, 3.8) is 0 Å². The first-order chi connectivity index (χ1) is 8.08. The van der Waals surface area contributed by atoms with Gasteiger partial charge in [-0.1, -0.05) is 0 Å². The molecule has 6 nitrogen and oxygen atoms in total. The third-order valence-electron chi connectivity index (χ3n) is 2.48. The van der Waals surface area contributed by atoms with Crippen molar-refractivity contribution in [1.29, 1.82) is 5.41 Å². The maximum atomic E-state index is 7.88. The fourth-order valence-corrected chi connectivity index (χ4v) is 1.79. The van der Waals surface area contributed by atoms with E-state index in [-0.39, 0.29) is 10.3 Å². The summed E-state index contributed by atoms with van der Waals surface area (Å²) in [6.45, 7) is 0. The highest BCUT2D eigenvalue weighted by Crippen LogP contribution is 2.29. The van der Waals surface area contributed by atoms with E-state index in [9.17, 15) is 0 Å². The lowest BCUT2D eigenvalue weighted by atomic mass is 10.2. The Labute approximate surface area is 102 Å². The van der Waals surface area contributed by atoms with Crippen molar-refractivity contribution in [2.45, 2.75) is 0 Å². The summed E-state index contributed by atoms with van der Waals surface area (Å²) < 4.78 is 11.7. The Balaban J connectivity index is 2.93. The predicted octanol–water partition coefficient (Wildman–Crippen LogP) is 0.909. The number of hydrogen-bond acceptors (Lipinski definition) is 5. The maximum absolute atomic E-state index is 7.88. The van der Waals surface area contributed by atoms with Crippen molar-refractivity contribution in [2.75, 3.05) is 20.1 Å². The largest absolute Gasteiger partial charge is 0.493 e. The Morgan fingerprint density at radius 2 is 1.88 bits per heavy atom. The molecule has 0 saturated heterocycles. The minimum atomic E-state index is 0.115. The molecule has 4 N–H and O–H groups in total. The second-order valence-electron chi connectivity index (χ2n) is 3.40. The molecule has 0 aliphatic rings. The molecule has 0 spiro atoms. The summed E-state index contributed by atoms with van der Waals surface area (Å²) in [7, 11) is 3.08. The molecule has 17 heavy (non-hydrogen) atoms. The van der Waals surface area contributed by atoms with Crippen LogP contribution < -0.4 is 20.8 Å². The van der Waals surface area contributed by atoms with E-state index in [2.05, 4.69) is 4.98 Å². The zero-order valence-electron chi connectivity index (χ0n) is 9.40. The SMILES string of the molecule is COc1cc2[nH]c(=S)n(N)c(=N)c2cc1OC. The number of H-pyrrole nitrogens is 1. The first kappa shape index (κ1) is 11.5. The molecule has 0 fully saturated rings. The normalized spacial score (nSPS) is 10.5. The van der Waals surface area contributed by atoms with E-state index in [0.29, 0.717) is 22.4 Å². The number of nitrogens with one attached hydrogen (secondary N) is 2. The van der Waals surface area contributed by atoms with Crippen molar-refractivity contribution >= 4 is 23.1 Å². The highest BCUT2D eigenvalue weighted by Gasteiger charge is 2.08. The minimum Gasteiger partial charge on any atom is -0.493 e. The molecular formula is C10H12N4O2S. The van der Waals surface area contributed by atoms with Crippen LogP contribution in [0.15, 0.2) is 12.1 Å². The van der Waals surface area contributed by atoms with Gasteiger partial charge in [-0.15, -0.1) is 0 Å². The Hall–Kier alpha value is -2.02. The first-order valence-corrected chi connectivity index (χ1v) is 5.20. The molecule has 2 rings (SSSR count). The summed E-state index contributed by atoms with van der Waals surface area (Å²) in [5.41, 5.74) is 0.795. The minimum absolute atomic E-state index is 0.115. The van der Waals surface area contributed by atoms with Gasteiger partial charge < -0.3 is 20.3 Å². The fourth-order valence-electron chi connectivity index (χ4n) is 1.59. The van der Waals surface area contributed by atoms with Crippen LogP contribution in [0.1, 0.15) is 0 Å². The van der Waals surface area contributed by atoms with Crippen molar-refractivity contribution < 1.29 is 9.47 Å². The molecule has 0 unspecified atom stereocenters. The van der Waals surface area contributed by atoms with E-state index in [0.717, 1.165) is 4.68 Å². The Morgan fingerprint density at radius 3 is 2.47 bits per heavy atom. The number of nitrogens with two attached hydrogens (primary N) is 1. The summed E-state index contributed by atoms with van der Waals surface area (Å²) in [6, 6.07) is 3.41. The van der Waals surface area contributed by atoms with Gasteiger partial charge in [0.05, 0.1) is 19.7 Å². The number of fused-ring (bicyclic) bond motifs is 1. The molecule has 0 radical (unpaired) electrons. The molecule has 1 heterocycles. The molecule has 1 aromatic carbocycles. The van der Waals surface area contributed by atoms with E-state index >= 15 is 0 Å². The number of aromatic amines is 1. The molecule has 0 aliphatic carbocycles. The van der Waals surface area contributed by atoms with E-state index < -0.39 is 0 Å². The van der Waals surface area contributed by atoms with Gasteiger partial charge >= 0.3 is 0 Å². The summed E-state index contributed by atoms with van der Waals surface area (Å²) in [5.74, 6) is 6.74. The molecule has 7 heteroatoms. The topological polar surface area (TPSA) is 89.0 Å². The number of hydrogen-bond donors (Lipinski definition) is 3. The fraction of sp³-hybridized carbons (Fsp3) is 0.200. The van der Waals surface area contributed by atoms with Gasteiger partial charge in [0, 0.05) is 11.5 Å². The average molecular weight is 252 g/mol. The molecule has 0 amide bonds. The average Bonchev–Trinajstić information content (AvgIpc) is 2.34. The second kappa shape index (κ2) is 4.10. The lowest BCUT2D eigenvalue weighted by molar-refractivity contribution is 0.355. The van der Waals surface area contributed by atoms with Crippen molar-refractivity contribution in [3.05, 3.63) is 22.4 Å². The van der Waals surface area contributed by atoms with E-state index in [4.69, 9.17) is 32.9 Å². The standard InChI is InChI=1S/C10H12N4O2S/c1-15-7-3-5-6(4-8(7)16-2)13-10(17)14(12)9(5)11/h3-4,11H,12H2,1-2H3,(H,13,17). The molecule has 0 saturated carbocycles. The Bertz CT molecular complexity index is 689. The predicted molar refractivity (Wildman–Crippen MR) is 66.2 cm³/mol. The molecule has 0 atom stereocenters. The number of ether oxygens (including phenoxy) is 2. The monoisotopic (exact) mass is 252 g/mol. The van der Waals surface area contributed by atoms with Crippen molar-refractivity contribution in [3.8, 4) is 11.5 Å². The van der Waals surface area contributed by atoms with E-state index in [1.165, 1.54) is 7.11 Å². The summed E-state index contributed by atoms with van der Waals surface area (Å²) in [5, 5.41) is 8.49. The second-order valence-corrected chi connectivity index (χ2v) is 3.79. The number of rotatable bonds is 2. The third-order valence-corrected chi connectivity index (χ3v) is 2.78. The molecular weight excluding hydrogens is 240 g/mol. The van der Waals surface area contributed by atoms with Crippen LogP contribution in [-0.4, -0.2) is 23.9 Å². The lowest BCUT2D eigenvalue weighted by Crippen LogP contribution is -2.28. The van der Waals surface area contributed by atoms with Crippen molar-refractivity contribution in [2.24, 2.45) is 0 Å². The highest BCUT2D eigenvalue weighted by atomic mass is 32.1. The van der Waals surface area contributed by atoms with Crippen LogP contribution in [0.3, 0.4) is 0 Å². The van der Waals surface area contributed by atoms with E-state index in [1.54, 1.807) is 19.2 Å². The lowest BCUT2D eigenvalue weighted by Gasteiger charge is -2.10. The summed E-state index contributed by atoms with van der Waals surface area (Å²) >= 11 is 5.00. The Morgan fingerprint density at radius 1 is 1.29 bits per heavy atom. The van der Waals surface area contributed by atoms with Crippen LogP contribution in [0.2, 0.25) is 0 Å². The molecule has 2 aromatic rings. The zero-order valence-corrected chi connectivity index (χ0v) is 10.2. The summed E-state index contributed by atoms with van der Waals surface area (Å²) in [6.07, 6.45) is 0. The molecule has 0 aliphatic heterocycles. The Kier molecular flexibility index (Phi) is 2.76. The van der Waals surface area contributed by atoms with Gasteiger partial charge in [0.1, 0.15) is 0 Å². The van der Waals surface area contributed by atoms with Crippen LogP contribution in [0.25, 0.3) is 10.9 Å². The molecule has 90 valence electrons. The van der Waals surface area contributed by atoms with Gasteiger partial charge in [-0.2, -0.15) is 0 Å². The van der Waals surface area contributed by atoms with Crippen LogP contribution in [0.4, 0.5) is 0 Å². The quantitative estimate of drug-likeness (QED) is 0.547. The molecule has 0 bridgehead atoms. The van der Waals surface area contributed by atoms with Gasteiger partial charge in [0.25, 0.3) is 0 Å². The smallest absolute Gasteiger partial charge is 0.198 e. The number of benzene rings is 1. The van der Waals surface area contributed by atoms with Gasteiger partial charge in [-0.05, 0) is 18.3 Å². The number of aromatic nitrogens is 2. The van der Waals surface area contributed by atoms with Crippen LogP contribution in [0.5, 0.6) is 11.5 Å². The zero-order chi connectivity index (χ0) is 12.6.